The summed E-state index contributed by atoms with van der Waals surface area (Å²) in [5, 5.41) is 4.26. The molecule has 6 nitrogen and oxygen atoms in total. The lowest BCUT2D eigenvalue weighted by Crippen LogP contribution is -2.23. The van der Waals surface area contributed by atoms with Crippen molar-refractivity contribution in [3.8, 4) is 11.3 Å². The number of carbonyl (C=O) groups excluding carboxylic acids is 1. The van der Waals surface area contributed by atoms with Crippen LogP contribution in [0, 0.1) is 0 Å². The van der Waals surface area contributed by atoms with E-state index in [1.54, 1.807) is 17.6 Å². The van der Waals surface area contributed by atoms with Gasteiger partial charge < -0.3 is 0 Å². The maximum Gasteiger partial charge on any atom is 0.280 e. The second kappa shape index (κ2) is 5.72. The molecule has 1 N–H and O–H groups in total. The molecule has 0 radical (unpaired) electrons. The number of nitrogens with zero attached hydrogens (tertiary/aromatic N) is 3. The van der Waals surface area contributed by atoms with E-state index in [0.29, 0.717) is 17.8 Å². The van der Waals surface area contributed by atoms with Gasteiger partial charge in [-0.1, -0.05) is 30.3 Å². The molecule has 0 atom stereocenters. The zero-order valence-corrected chi connectivity index (χ0v) is 11.5. The van der Waals surface area contributed by atoms with Crippen molar-refractivity contribution in [2.45, 2.75) is 6.92 Å². The van der Waals surface area contributed by atoms with E-state index in [4.69, 9.17) is 4.84 Å². The topological polar surface area (TPSA) is 68.5 Å². The van der Waals surface area contributed by atoms with Gasteiger partial charge in [0.25, 0.3) is 5.91 Å². The maximum absolute atomic E-state index is 12.0. The van der Waals surface area contributed by atoms with Crippen LogP contribution in [-0.2, 0) is 4.84 Å². The quantitative estimate of drug-likeness (QED) is 0.744. The molecule has 3 aromatic rings. The van der Waals surface area contributed by atoms with Crippen LogP contribution in [0.5, 0.6) is 0 Å². The first kappa shape index (κ1) is 13.3. The highest BCUT2D eigenvalue weighted by Crippen LogP contribution is 2.20. The van der Waals surface area contributed by atoms with Crippen molar-refractivity contribution in [3.05, 3.63) is 54.4 Å². The summed E-state index contributed by atoms with van der Waals surface area (Å²) >= 11 is 0. The van der Waals surface area contributed by atoms with Gasteiger partial charge in [0.15, 0.2) is 5.65 Å². The Balaban J connectivity index is 2.06. The van der Waals surface area contributed by atoms with Gasteiger partial charge in [-0.3, -0.25) is 9.63 Å². The minimum atomic E-state index is -0.357. The molecule has 0 unspecified atom stereocenters. The third kappa shape index (κ3) is 2.48. The summed E-state index contributed by atoms with van der Waals surface area (Å²) in [4.78, 5) is 21.2. The van der Waals surface area contributed by atoms with Crippen LogP contribution in [0.1, 0.15) is 17.3 Å². The molecule has 0 spiro atoms. The average Bonchev–Trinajstić information content (AvgIpc) is 2.97. The van der Waals surface area contributed by atoms with Crippen molar-refractivity contribution < 1.29 is 9.63 Å². The number of carbonyl (C=O) groups is 1. The molecule has 0 fully saturated rings. The molecule has 0 saturated heterocycles. The fourth-order valence-corrected chi connectivity index (χ4v) is 2.07. The molecular formula is C15H14N4O2. The Morgan fingerprint density at radius 3 is 2.86 bits per heavy atom. The summed E-state index contributed by atoms with van der Waals surface area (Å²) in [5.41, 5.74) is 5.10. The summed E-state index contributed by atoms with van der Waals surface area (Å²) in [5.74, 6) is -0.357. The second-order valence-electron chi connectivity index (χ2n) is 4.35. The van der Waals surface area contributed by atoms with E-state index in [0.717, 1.165) is 11.3 Å². The van der Waals surface area contributed by atoms with Crippen LogP contribution < -0.4 is 5.48 Å². The predicted molar refractivity (Wildman–Crippen MR) is 77.5 cm³/mol. The van der Waals surface area contributed by atoms with Gasteiger partial charge in [-0.05, 0) is 13.0 Å². The highest BCUT2D eigenvalue weighted by atomic mass is 16.6. The molecule has 3 rings (SSSR count). The Kier molecular flexibility index (Phi) is 3.61. The smallest absolute Gasteiger partial charge is 0.274 e. The number of hydrogen-bond donors (Lipinski definition) is 1. The van der Waals surface area contributed by atoms with Crippen LogP contribution in [-0.4, -0.2) is 27.1 Å². The number of benzene rings is 1. The predicted octanol–water partition coefficient (Wildman–Crippen LogP) is 2.08. The monoisotopic (exact) mass is 282 g/mol. The van der Waals surface area contributed by atoms with E-state index in [1.807, 2.05) is 36.4 Å². The number of aromatic nitrogens is 3. The van der Waals surface area contributed by atoms with Gasteiger partial charge in [0.2, 0.25) is 0 Å². The highest BCUT2D eigenvalue weighted by molar-refractivity contribution is 5.99. The molecule has 2 heterocycles. The van der Waals surface area contributed by atoms with Crippen molar-refractivity contribution in [2.24, 2.45) is 0 Å². The maximum atomic E-state index is 12.0. The van der Waals surface area contributed by atoms with Gasteiger partial charge in [-0.15, -0.1) is 0 Å². The molecule has 1 amide bonds. The van der Waals surface area contributed by atoms with Crippen LogP contribution in [0.2, 0.25) is 0 Å². The standard InChI is InChI=1S/C15H14N4O2/c1-2-21-18-15(20)12-10-17-19-13(8-9-16-14(12)19)11-6-4-3-5-7-11/h3-10H,2H2,1H3,(H,18,20). The molecule has 2 aromatic heterocycles. The molecular weight excluding hydrogens is 268 g/mol. The van der Waals surface area contributed by atoms with Gasteiger partial charge >= 0.3 is 0 Å². The zero-order chi connectivity index (χ0) is 14.7. The first-order chi connectivity index (χ1) is 10.3. The van der Waals surface area contributed by atoms with Crippen molar-refractivity contribution in [2.75, 3.05) is 6.61 Å². The summed E-state index contributed by atoms with van der Waals surface area (Å²) in [6, 6.07) is 11.7. The van der Waals surface area contributed by atoms with Gasteiger partial charge in [-0.2, -0.15) is 5.10 Å². The Bertz CT molecular complexity index is 768. The first-order valence-corrected chi connectivity index (χ1v) is 6.61. The van der Waals surface area contributed by atoms with Crippen molar-refractivity contribution in [1.82, 2.24) is 20.1 Å². The molecule has 0 aliphatic carbocycles. The Morgan fingerprint density at radius 1 is 1.29 bits per heavy atom. The fraction of sp³-hybridized carbons (Fsp3) is 0.133. The molecule has 0 saturated carbocycles. The van der Waals surface area contributed by atoms with E-state index >= 15 is 0 Å². The van der Waals surface area contributed by atoms with Crippen LogP contribution in [0.25, 0.3) is 16.9 Å². The summed E-state index contributed by atoms with van der Waals surface area (Å²) in [6.45, 7) is 2.19. The van der Waals surface area contributed by atoms with Crippen molar-refractivity contribution in [3.63, 3.8) is 0 Å². The van der Waals surface area contributed by atoms with E-state index in [1.165, 1.54) is 6.20 Å². The van der Waals surface area contributed by atoms with E-state index in [9.17, 15) is 4.79 Å². The normalized spacial score (nSPS) is 10.7. The van der Waals surface area contributed by atoms with E-state index in [2.05, 4.69) is 15.6 Å². The molecule has 0 bridgehead atoms. The van der Waals surface area contributed by atoms with Crippen LogP contribution >= 0.6 is 0 Å². The Morgan fingerprint density at radius 2 is 2.10 bits per heavy atom. The fourth-order valence-electron chi connectivity index (χ4n) is 2.07. The molecule has 106 valence electrons. The van der Waals surface area contributed by atoms with Gasteiger partial charge in [0.05, 0.1) is 18.5 Å². The third-order valence-corrected chi connectivity index (χ3v) is 3.02. The lowest BCUT2D eigenvalue weighted by molar-refractivity contribution is 0.0366. The van der Waals surface area contributed by atoms with Gasteiger partial charge in [0, 0.05) is 11.8 Å². The molecule has 1 aromatic carbocycles. The second-order valence-corrected chi connectivity index (χ2v) is 4.35. The van der Waals surface area contributed by atoms with E-state index < -0.39 is 0 Å². The third-order valence-electron chi connectivity index (χ3n) is 3.02. The molecule has 21 heavy (non-hydrogen) atoms. The average molecular weight is 282 g/mol. The van der Waals surface area contributed by atoms with Crippen molar-refractivity contribution in [1.29, 1.82) is 0 Å². The van der Waals surface area contributed by atoms with Gasteiger partial charge in [-0.25, -0.2) is 15.0 Å². The van der Waals surface area contributed by atoms with Crippen LogP contribution in [0.3, 0.4) is 0 Å². The number of amides is 1. The number of hydrogen-bond acceptors (Lipinski definition) is 4. The van der Waals surface area contributed by atoms with Crippen molar-refractivity contribution >= 4 is 11.6 Å². The molecule has 6 heteroatoms. The lowest BCUT2D eigenvalue weighted by Gasteiger charge is -2.05. The summed E-state index contributed by atoms with van der Waals surface area (Å²) < 4.78 is 1.65. The zero-order valence-electron chi connectivity index (χ0n) is 11.5. The number of fused-ring (bicyclic) bond motifs is 1. The van der Waals surface area contributed by atoms with Crippen LogP contribution in [0.15, 0.2) is 48.8 Å². The SMILES string of the molecule is CCONC(=O)c1cnn2c(-c3ccccc3)ccnc12. The number of hydroxylamine groups is 1. The summed E-state index contributed by atoms with van der Waals surface area (Å²) in [6.07, 6.45) is 3.15. The highest BCUT2D eigenvalue weighted by Gasteiger charge is 2.15. The molecule has 0 aliphatic rings. The minimum absolute atomic E-state index is 0.357. The lowest BCUT2D eigenvalue weighted by atomic mass is 10.1. The largest absolute Gasteiger partial charge is 0.280 e. The Hall–Kier alpha value is -2.73. The molecule has 0 aliphatic heterocycles. The van der Waals surface area contributed by atoms with E-state index in [-0.39, 0.29) is 5.91 Å². The number of nitrogens with one attached hydrogen (secondary N) is 1. The summed E-state index contributed by atoms with van der Waals surface area (Å²) in [7, 11) is 0. The Labute approximate surface area is 121 Å². The van der Waals surface area contributed by atoms with Gasteiger partial charge in [0.1, 0.15) is 5.56 Å². The minimum Gasteiger partial charge on any atom is -0.274 e. The number of rotatable bonds is 4. The van der Waals surface area contributed by atoms with Crippen LogP contribution in [0.4, 0.5) is 0 Å². The first-order valence-electron chi connectivity index (χ1n) is 6.61.